The fourth-order valence-corrected chi connectivity index (χ4v) is 3.57. The van der Waals surface area contributed by atoms with Gasteiger partial charge in [-0.25, -0.2) is 0 Å². The summed E-state index contributed by atoms with van der Waals surface area (Å²) in [6.07, 6.45) is 7.21. The maximum atomic E-state index is 9.83. The van der Waals surface area contributed by atoms with Crippen molar-refractivity contribution in [3.8, 4) is 0 Å². The summed E-state index contributed by atoms with van der Waals surface area (Å²) in [5.74, 6) is 2.56. The van der Waals surface area contributed by atoms with Crippen molar-refractivity contribution in [2.24, 2.45) is 0 Å². The summed E-state index contributed by atoms with van der Waals surface area (Å²) in [6, 6.07) is 1.04. The second-order valence-corrected chi connectivity index (χ2v) is 5.69. The number of rotatable bonds is 2. The lowest BCUT2D eigenvalue weighted by atomic mass is 9.92. The van der Waals surface area contributed by atoms with Crippen LogP contribution in [-0.4, -0.2) is 34.8 Å². The van der Waals surface area contributed by atoms with Gasteiger partial charge in [-0.05, 0) is 31.4 Å². The Hall–Kier alpha value is 0.270. The highest BCUT2D eigenvalue weighted by molar-refractivity contribution is 7.99. The van der Waals surface area contributed by atoms with Crippen molar-refractivity contribution in [2.45, 2.75) is 56.7 Å². The maximum absolute atomic E-state index is 9.83. The first-order chi connectivity index (χ1) is 6.86. The molecule has 1 aliphatic carbocycles. The monoisotopic (exact) mass is 215 g/mol. The summed E-state index contributed by atoms with van der Waals surface area (Å²) in [6.45, 7) is 0. The van der Waals surface area contributed by atoms with Gasteiger partial charge in [-0.1, -0.05) is 12.8 Å². The Morgan fingerprint density at radius 2 is 1.93 bits per heavy atom. The smallest absolute Gasteiger partial charge is 0.0693 e. The van der Waals surface area contributed by atoms with Crippen molar-refractivity contribution in [1.29, 1.82) is 0 Å². The minimum atomic E-state index is -0.0873. The van der Waals surface area contributed by atoms with Gasteiger partial charge >= 0.3 is 0 Å². The highest BCUT2D eigenvalue weighted by Crippen LogP contribution is 2.22. The van der Waals surface area contributed by atoms with E-state index in [-0.39, 0.29) is 6.10 Å². The van der Waals surface area contributed by atoms with Crippen molar-refractivity contribution < 1.29 is 5.11 Å². The average molecular weight is 215 g/mol. The first-order valence-corrected chi connectivity index (χ1v) is 7.03. The van der Waals surface area contributed by atoms with Gasteiger partial charge in [0.25, 0.3) is 0 Å². The lowest BCUT2D eigenvalue weighted by molar-refractivity contribution is 0.0855. The molecule has 2 rings (SSSR count). The summed E-state index contributed by atoms with van der Waals surface area (Å²) >= 11 is 2.05. The standard InChI is InChI=1S/C11H21NOS/c13-11-6-2-1-5-10(11)12-9-4-3-7-14-8-9/h9-13H,1-8H2/t9-,10-,11+/m1/s1. The maximum Gasteiger partial charge on any atom is 0.0693 e. The van der Waals surface area contributed by atoms with Crippen molar-refractivity contribution >= 4 is 11.8 Å². The van der Waals surface area contributed by atoms with Gasteiger partial charge in [0, 0.05) is 17.8 Å². The van der Waals surface area contributed by atoms with E-state index >= 15 is 0 Å². The van der Waals surface area contributed by atoms with Crippen LogP contribution in [0.15, 0.2) is 0 Å². The molecule has 82 valence electrons. The van der Waals surface area contributed by atoms with Crippen LogP contribution in [0.1, 0.15) is 38.5 Å². The van der Waals surface area contributed by atoms with Crippen LogP contribution in [0.5, 0.6) is 0 Å². The Morgan fingerprint density at radius 1 is 1.07 bits per heavy atom. The zero-order chi connectivity index (χ0) is 9.80. The fourth-order valence-electron chi connectivity index (χ4n) is 2.48. The zero-order valence-corrected chi connectivity index (χ0v) is 9.56. The molecule has 0 aromatic rings. The molecule has 0 spiro atoms. The molecule has 0 unspecified atom stereocenters. The van der Waals surface area contributed by atoms with Crippen LogP contribution in [0, 0.1) is 0 Å². The molecule has 2 aliphatic rings. The van der Waals surface area contributed by atoms with Crippen LogP contribution in [0.25, 0.3) is 0 Å². The van der Waals surface area contributed by atoms with Gasteiger partial charge in [0.1, 0.15) is 0 Å². The first kappa shape index (κ1) is 10.8. The molecule has 0 bridgehead atoms. The summed E-state index contributed by atoms with van der Waals surface area (Å²) in [5.41, 5.74) is 0. The van der Waals surface area contributed by atoms with E-state index in [4.69, 9.17) is 0 Å². The zero-order valence-electron chi connectivity index (χ0n) is 8.74. The molecule has 1 saturated carbocycles. The van der Waals surface area contributed by atoms with E-state index in [0.29, 0.717) is 12.1 Å². The van der Waals surface area contributed by atoms with Gasteiger partial charge in [0.15, 0.2) is 0 Å². The lowest BCUT2D eigenvalue weighted by Gasteiger charge is -2.33. The summed E-state index contributed by atoms with van der Waals surface area (Å²) in [5, 5.41) is 13.5. The first-order valence-electron chi connectivity index (χ1n) is 5.88. The second-order valence-electron chi connectivity index (χ2n) is 4.54. The van der Waals surface area contributed by atoms with Crippen LogP contribution < -0.4 is 5.32 Å². The largest absolute Gasteiger partial charge is 0.392 e. The van der Waals surface area contributed by atoms with Gasteiger partial charge in [0.05, 0.1) is 6.10 Å². The number of hydrogen-bond donors (Lipinski definition) is 2. The van der Waals surface area contributed by atoms with E-state index in [1.807, 2.05) is 11.8 Å². The minimum absolute atomic E-state index is 0.0873. The third kappa shape index (κ3) is 2.88. The highest BCUT2D eigenvalue weighted by Gasteiger charge is 2.25. The van der Waals surface area contributed by atoms with Crippen molar-refractivity contribution in [3.05, 3.63) is 0 Å². The Morgan fingerprint density at radius 3 is 2.64 bits per heavy atom. The van der Waals surface area contributed by atoms with E-state index in [0.717, 1.165) is 6.42 Å². The molecule has 0 radical (unpaired) electrons. The van der Waals surface area contributed by atoms with Crippen LogP contribution in [0.3, 0.4) is 0 Å². The van der Waals surface area contributed by atoms with Crippen LogP contribution in [0.2, 0.25) is 0 Å². The van der Waals surface area contributed by atoms with Gasteiger partial charge in [0.2, 0.25) is 0 Å². The number of aliphatic hydroxyl groups is 1. The van der Waals surface area contributed by atoms with E-state index in [1.54, 1.807) is 0 Å². The van der Waals surface area contributed by atoms with Crippen LogP contribution in [0.4, 0.5) is 0 Å². The van der Waals surface area contributed by atoms with Crippen LogP contribution >= 0.6 is 11.8 Å². The molecule has 1 heterocycles. The molecular weight excluding hydrogens is 194 g/mol. The predicted molar refractivity (Wildman–Crippen MR) is 61.7 cm³/mol. The summed E-state index contributed by atoms with van der Waals surface area (Å²) < 4.78 is 0. The Kier molecular flexibility index (Phi) is 4.14. The van der Waals surface area contributed by atoms with Gasteiger partial charge in [-0.15, -0.1) is 0 Å². The third-order valence-electron chi connectivity index (χ3n) is 3.34. The molecule has 2 nitrogen and oxygen atoms in total. The quantitative estimate of drug-likeness (QED) is 0.736. The molecule has 14 heavy (non-hydrogen) atoms. The SMILES string of the molecule is O[C@H]1CCCC[C@H]1N[C@@H]1CCCSC1. The molecule has 0 aromatic heterocycles. The van der Waals surface area contributed by atoms with Crippen LogP contribution in [-0.2, 0) is 0 Å². The molecule has 0 aromatic carbocycles. The van der Waals surface area contributed by atoms with Gasteiger partial charge in [-0.2, -0.15) is 11.8 Å². The lowest BCUT2D eigenvalue weighted by Crippen LogP contribution is -2.48. The number of nitrogens with one attached hydrogen (secondary N) is 1. The molecular formula is C11H21NOS. The molecule has 3 atom stereocenters. The Balaban J connectivity index is 1.76. The van der Waals surface area contributed by atoms with Crippen molar-refractivity contribution in [1.82, 2.24) is 5.32 Å². The second kappa shape index (κ2) is 5.38. The van der Waals surface area contributed by atoms with Gasteiger partial charge in [-0.3, -0.25) is 0 Å². The van der Waals surface area contributed by atoms with E-state index in [1.165, 1.54) is 43.6 Å². The molecule has 1 saturated heterocycles. The van der Waals surface area contributed by atoms with E-state index in [9.17, 15) is 5.11 Å². The summed E-state index contributed by atoms with van der Waals surface area (Å²) in [7, 11) is 0. The minimum Gasteiger partial charge on any atom is -0.392 e. The third-order valence-corrected chi connectivity index (χ3v) is 4.55. The van der Waals surface area contributed by atoms with E-state index < -0.39 is 0 Å². The van der Waals surface area contributed by atoms with Gasteiger partial charge < -0.3 is 10.4 Å². The Bertz CT molecular complexity index is 171. The molecule has 2 N–H and O–H groups in total. The summed E-state index contributed by atoms with van der Waals surface area (Å²) in [4.78, 5) is 0. The van der Waals surface area contributed by atoms with Crippen molar-refractivity contribution in [2.75, 3.05) is 11.5 Å². The van der Waals surface area contributed by atoms with Crippen molar-refractivity contribution in [3.63, 3.8) is 0 Å². The molecule has 0 amide bonds. The number of thioether (sulfide) groups is 1. The number of aliphatic hydroxyl groups excluding tert-OH is 1. The topological polar surface area (TPSA) is 32.3 Å². The predicted octanol–water partition coefficient (Wildman–Crippen LogP) is 1.78. The fraction of sp³-hybridized carbons (Fsp3) is 1.00. The highest BCUT2D eigenvalue weighted by atomic mass is 32.2. The molecule has 1 aliphatic heterocycles. The molecule has 3 heteroatoms. The number of hydrogen-bond acceptors (Lipinski definition) is 3. The normalized spacial score (nSPS) is 39.6. The molecule has 2 fully saturated rings. The Labute approximate surface area is 90.8 Å². The average Bonchev–Trinajstić information content (AvgIpc) is 2.23. The van der Waals surface area contributed by atoms with E-state index in [2.05, 4.69) is 5.32 Å².